The summed E-state index contributed by atoms with van der Waals surface area (Å²) in [4.78, 5) is 11.7. The van der Waals surface area contributed by atoms with Gasteiger partial charge in [0.05, 0.1) is 12.8 Å². The summed E-state index contributed by atoms with van der Waals surface area (Å²) in [5, 5.41) is 2.87. The normalized spacial score (nSPS) is 22.0. The summed E-state index contributed by atoms with van der Waals surface area (Å²) in [6, 6.07) is -0.606. The van der Waals surface area contributed by atoms with Crippen molar-refractivity contribution >= 4 is 27.5 Å². The zero-order valence-electron chi connectivity index (χ0n) is 9.07. The second-order valence-electron chi connectivity index (χ2n) is 3.77. The van der Waals surface area contributed by atoms with Crippen LogP contribution in [0.3, 0.4) is 0 Å². The number of hydrogen-bond acceptors (Lipinski definition) is 3. The number of sulfonamides is 1. The van der Waals surface area contributed by atoms with Crippen LogP contribution in [0.1, 0.15) is 12.8 Å². The highest BCUT2D eigenvalue weighted by molar-refractivity contribution is 7.88. The van der Waals surface area contributed by atoms with E-state index in [1.165, 1.54) is 4.31 Å². The fourth-order valence-corrected chi connectivity index (χ4v) is 2.89. The Hall–Kier alpha value is -0.590. The molecule has 1 N–H and O–H groups in total. The summed E-state index contributed by atoms with van der Waals surface area (Å²) in [5.74, 6) is -0.315. The molecule has 0 bridgehead atoms. The van der Waals surface area contributed by atoms with Gasteiger partial charge in [-0.1, -0.05) is 18.2 Å². The summed E-state index contributed by atoms with van der Waals surface area (Å²) in [5.41, 5.74) is 0. The number of carbonyl (C=O) groups is 1. The van der Waals surface area contributed by atoms with E-state index < -0.39 is 16.1 Å². The number of nitrogens with one attached hydrogen (secondary N) is 1. The Morgan fingerprint density at radius 2 is 2.25 bits per heavy atom. The van der Waals surface area contributed by atoms with Crippen LogP contribution in [-0.4, -0.2) is 44.0 Å². The van der Waals surface area contributed by atoms with Crippen LogP contribution in [0.25, 0.3) is 0 Å². The van der Waals surface area contributed by atoms with E-state index in [4.69, 9.17) is 11.6 Å². The van der Waals surface area contributed by atoms with E-state index in [1.54, 1.807) is 0 Å². The van der Waals surface area contributed by atoms with Gasteiger partial charge in [-0.15, -0.1) is 0 Å². The monoisotopic (exact) mass is 266 g/mol. The molecule has 92 valence electrons. The van der Waals surface area contributed by atoms with Crippen LogP contribution < -0.4 is 5.32 Å². The van der Waals surface area contributed by atoms with Crippen molar-refractivity contribution in [1.82, 2.24) is 9.62 Å². The molecule has 1 fully saturated rings. The molecular formula is C9H15ClN2O3S. The van der Waals surface area contributed by atoms with E-state index in [2.05, 4.69) is 11.9 Å². The molecule has 5 nitrogen and oxygen atoms in total. The zero-order valence-corrected chi connectivity index (χ0v) is 10.6. The third kappa shape index (κ3) is 3.47. The fraction of sp³-hybridized carbons (Fsp3) is 0.667. The van der Waals surface area contributed by atoms with Crippen molar-refractivity contribution < 1.29 is 13.2 Å². The van der Waals surface area contributed by atoms with Gasteiger partial charge in [-0.2, -0.15) is 4.31 Å². The highest BCUT2D eigenvalue weighted by atomic mass is 35.5. The molecule has 1 aliphatic rings. The lowest BCUT2D eigenvalue weighted by Crippen LogP contribution is -2.45. The molecule has 1 unspecified atom stereocenters. The predicted octanol–water partition coefficient (Wildman–Crippen LogP) is 0.279. The highest BCUT2D eigenvalue weighted by Gasteiger charge is 2.36. The Morgan fingerprint density at radius 3 is 2.75 bits per heavy atom. The summed E-state index contributed by atoms with van der Waals surface area (Å²) in [6.07, 6.45) is 2.36. The number of amides is 1. The smallest absolute Gasteiger partial charge is 0.238 e. The van der Waals surface area contributed by atoms with Crippen LogP contribution in [0.5, 0.6) is 0 Å². The first kappa shape index (κ1) is 13.5. The second-order valence-corrected chi connectivity index (χ2v) is 6.24. The minimum Gasteiger partial charge on any atom is -0.350 e. The van der Waals surface area contributed by atoms with Crippen LogP contribution in [0.4, 0.5) is 0 Å². The molecular weight excluding hydrogens is 252 g/mol. The summed E-state index contributed by atoms with van der Waals surface area (Å²) in [6.45, 7) is 4.00. The van der Waals surface area contributed by atoms with Crippen molar-refractivity contribution in [3.8, 4) is 0 Å². The predicted molar refractivity (Wildman–Crippen MR) is 62.6 cm³/mol. The SMILES string of the molecule is C=C(Cl)CNC(=O)C1CCCN1S(C)(=O)=O. The van der Waals surface area contributed by atoms with Crippen LogP contribution in [0.15, 0.2) is 11.6 Å². The molecule has 1 amide bonds. The van der Waals surface area contributed by atoms with Crippen molar-refractivity contribution in [1.29, 1.82) is 0 Å². The highest BCUT2D eigenvalue weighted by Crippen LogP contribution is 2.20. The lowest BCUT2D eigenvalue weighted by molar-refractivity contribution is -0.123. The van der Waals surface area contributed by atoms with Gasteiger partial charge in [-0.3, -0.25) is 4.79 Å². The number of hydrogen-bond donors (Lipinski definition) is 1. The van der Waals surface area contributed by atoms with Gasteiger partial charge < -0.3 is 5.32 Å². The molecule has 16 heavy (non-hydrogen) atoms. The number of rotatable bonds is 4. The van der Waals surface area contributed by atoms with Crippen molar-refractivity contribution in [2.75, 3.05) is 19.3 Å². The Labute approximate surface area is 100 Å². The minimum atomic E-state index is -3.32. The molecule has 1 heterocycles. The molecule has 1 saturated heterocycles. The molecule has 0 aromatic rings. The standard InChI is InChI=1S/C9H15ClN2O3S/c1-7(10)6-11-9(13)8-4-3-5-12(8)16(2,14)15/h8H,1,3-6H2,2H3,(H,11,13). The maximum Gasteiger partial charge on any atom is 0.238 e. The minimum absolute atomic E-state index is 0.161. The van der Waals surface area contributed by atoms with Gasteiger partial charge in [0.25, 0.3) is 0 Å². The first-order valence-electron chi connectivity index (χ1n) is 4.90. The molecule has 1 aliphatic heterocycles. The third-order valence-electron chi connectivity index (χ3n) is 2.39. The van der Waals surface area contributed by atoms with Gasteiger partial charge in [0, 0.05) is 11.6 Å². The molecule has 0 radical (unpaired) electrons. The van der Waals surface area contributed by atoms with Gasteiger partial charge in [0.2, 0.25) is 15.9 Å². The number of nitrogens with zero attached hydrogens (tertiary/aromatic N) is 1. The first-order chi connectivity index (χ1) is 7.32. The molecule has 0 aliphatic carbocycles. The van der Waals surface area contributed by atoms with Crippen molar-refractivity contribution in [2.45, 2.75) is 18.9 Å². The topological polar surface area (TPSA) is 66.5 Å². The summed E-state index contributed by atoms with van der Waals surface area (Å²) < 4.78 is 24.0. The van der Waals surface area contributed by atoms with Crippen molar-refractivity contribution in [3.05, 3.63) is 11.6 Å². The Balaban J connectivity index is 2.65. The lowest BCUT2D eigenvalue weighted by atomic mass is 10.2. The Morgan fingerprint density at radius 1 is 1.62 bits per heavy atom. The van der Waals surface area contributed by atoms with E-state index in [0.29, 0.717) is 24.4 Å². The summed E-state index contributed by atoms with van der Waals surface area (Å²) in [7, 11) is -3.32. The van der Waals surface area contributed by atoms with E-state index in [0.717, 1.165) is 6.26 Å². The van der Waals surface area contributed by atoms with Gasteiger partial charge >= 0.3 is 0 Å². The molecule has 0 spiro atoms. The molecule has 0 saturated carbocycles. The van der Waals surface area contributed by atoms with Crippen LogP contribution in [0.2, 0.25) is 0 Å². The molecule has 1 atom stereocenters. The molecule has 7 heteroatoms. The van der Waals surface area contributed by atoms with Crippen LogP contribution in [-0.2, 0) is 14.8 Å². The average Bonchev–Trinajstić information content (AvgIpc) is 2.61. The van der Waals surface area contributed by atoms with Gasteiger partial charge in [0.15, 0.2) is 0 Å². The average molecular weight is 267 g/mol. The Kier molecular flexibility index (Phi) is 4.35. The maximum atomic E-state index is 11.7. The first-order valence-corrected chi connectivity index (χ1v) is 7.13. The van der Waals surface area contributed by atoms with Crippen molar-refractivity contribution in [3.63, 3.8) is 0 Å². The van der Waals surface area contributed by atoms with Crippen LogP contribution >= 0.6 is 11.6 Å². The second kappa shape index (κ2) is 5.16. The fourth-order valence-electron chi connectivity index (χ4n) is 1.70. The molecule has 0 aromatic carbocycles. The lowest BCUT2D eigenvalue weighted by Gasteiger charge is -2.21. The van der Waals surface area contributed by atoms with E-state index in [1.807, 2.05) is 0 Å². The third-order valence-corrected chi connectivity index (χ3v) is 3.81. The van der Waals surface area contributed by atoms with E-state index in [9.17, 15) is 13.2 Å². The van der Waals surface area contributed by atoms with Gasteiger partial charge in [0.1, 0.15) is 6.04 Å². The summed E-state index contributed by atoms with van der Waals surface area (Å²) >= 11 is 5.51. The number of carbonyl (C=O) groups excluding carboxylic acids is 1. The maximum absolute atomic E-state index is 11.7. The van der Waals surface area contributed by atoms with Gasteiger partial charge in [-0.05, 0) is 12.8 Å². The van der Waals surface area contributed by atoms with Gasteiger partial charge in [-0.25, -0.2) is 8.42 Å². The number of halogens is 1. The van der Waals surface area contributed by atoms with E-state index in [-0.39, 0.29) is 12.5 Å². The molecule has 1 rings (SSSR count). The largest absolute Gasteiger partial charge is 0.350 e. The van der Waals surface area contributed by atoms with Crippen LogP contribution in [0, 0.1) is 0 Å². The molecule has 0 aromatic heterocycles. The quantitative estimate of drug-likeness (QED) is 0.795. The Bertz CT molecular complexity index is 394. The van der Waals surface area contributed by atoms with E-state index >= 15 is 0 Å². The van der Waals surface area contributed by atoms with Crippen molar-refractivity contribution in [2.24, 2.45) is 0 Å². The zero-order chi connectivity index (χ0) is 12.3.